The monoisotopic (exact) mass is 255 g/mol. The standard InChI is InChI=1S/C16H21N3/c1-3-12-17-16-11-7-8-14(18-16)13-19(2)15-9-5-4-6-10-15/h4-11H,3,12-13H2,1-2H3,(H,17,18). The summed E-state index contributed by atoms with van der Waals surface area (Å²) >= 11 is 0. The van der Waals surface area contributed by atoms with Crippen molar-refractivity contribution in [3.63, 3.8) is 0 Å². The number of anilines is 2. The second-order valence-corrected chi connectivity index (χ2v) is 4.63. The summed E-state index contributed by atoms with van der Waals surface area (Å²) in [5.41, 5.74) is 2.28. The number of aromatic nitrogens is 1. The summed E-state index contributed by atoms with van der Waals surface area (Å²) in [6.07, 6.45) is 1.11. The lowest BCUT2D eigenvalue weighted by Gasteiger charge is -2.19. The highest BCUT2D eigenvalue weighted by molar-refractivity contribution is 5.45. The molecule has 1 N–H and O–H groups in total. The van der Waals surface area contributed by atoms with Crippen LogP contribution in [-0.2, 0) is 6.54 Å². The number of nitrogens with zero attached hydrogens (tertiary/aromatic N) is 2. The fourth-order valence-corrected chi connectivity index (χ4v) is 1.94. The molecule has 0 spiro atoms. The zero-order valence-electron chi connectivity index (χ0n) is 11.6. The predicted octanol–water partition coefficient (Wildman–Crippen LogP) is 3.54. The highest BCUT2D eigenvalue weighted by Gasteiger charge is 2.03. The van der Waals surface area contributed by atoms with E-state index in [9.17, 15) is 0 Å². The van der Waals surface area contributed by atoms with Crippen LogP contribution in [0.4, 0.5) is 11.5 Å². The van der Waals surface area contributed by atoms with Crippen molar-refractivity contribution in [3.05, 3.63) is 54.2 Å². The first kappa shape index (κ1) is 13.4. The predicted molar refractivity (Wildman–Crippen MR) is 81.6 cm³/mol. The molecule has 0 unspecified atom stereocenters. The second kappa shape index (κ2) is 6.78. The normalized spacial score (nSPS) is 10.2. The van der Waals surface area contributed by atoms with Crippen LogP contribution in [0.3, 0.4) is 0 Å². The Bertz CT molecular complexity index is 496. The van der Waals surface area contributed by atoms with Crippen molar-refractivity contribution in [3.8, 4) is 0 Å². The van der Waals surface area contributed by atoms with E-state index in [4.69, 9.17) is 0 Å². The fraction of sp³-hybridized carbons (Fsp3) is 0.312. The molecule has 2 aromatic rings. The number of para-hydroxylation sites is 1. The van der Waals surface area contributed by atoms with Gasteiger partial charge in [0.05, 0.1) is 12.2 Å². The number of hydrogen-bond acceptors (Lipinski definition) is 3. The van der Waals surface area contributed by atoms with Crippen molar-refractivity contribution in [2.24, 2.45) is 0 Å². The van der Waals surface area contributed by atoms with Crippen LogP contribution in [0.15, 0.2) is 48.5 Å². The molecular formula is C16H21N3. The minimum absolute atomic E-state index is 0.811. The van der Waals surface area contributed by atoms with Gasteiger partial charge in [-0.15, -0.1) is 0 Å². The van der Waals surface area contributed by atoms with Gasteiger partial charge in [-0.25, -0.2) is 4.98 Å². The van der Waals surface area contributed by atoms with Gasteiger partial charge >= 0.3 is 0 Å². The van der Waals surface area contributed by atoms with E-state index in [-0.39, 0.29) is 0 Å². The lowest BCUT2D eigenvalue weighted by atomic mass is 10.2. The van der Waals surface area contributed by atoms with Gasteiger partial charge in [0.2, 0.25) is 0 Å². The van der Waals surface area contributed by atoms with Gasteiger partial charge < -0.3 is 10.2 Å². The third-order valence-corrected chi connectivity index (χ3v) is 2.96. The Morgan fingerprint density at radius 2 is 1.84 bits per heavy atom. The SMILES string of the molecule is CCCNc1cccc(CN(C)c2ccccc2)n1. The van der Waals surface area contributed by atoms with Crippen LogP contribution >= 0.6 is 0 Å². The highest BCUT2D eigenvalue weighted by Crippen LogP contribution is 2.14. The summed E-state index contributed by atoms with van der Waals surface area (Å²) in [5.74, 6) is 0.959. The Hall–Kier alpha value is -2.03. The van der Waals surface area contributed by atoms with Crippen LogP contribution in [0, 0.1) is 0 Å². The summed E-state index contributed by atoms with van der Waals surface area (Å²) in [6.45, 7) is 3.93. The summed E-state index contributed by atoms with van der Waals surface area (Å²) in [7, 11) is 2.09. The number of nitrogens with one attached hydrogen (secondary N) is 1. The van der Waals surface area contributed by atoms with Crippen molar-refractivity contribution in [2.45, 2.75) is 19.9 Å². The quantitative estimate of drug-likeness (QED) is 0.855. The molecule has 0 aliphatic carbocycles. The van der Waals surface area contributed by atoms with Crippen molar-refractivity contribution < 1.29 is 0 Å². The van der Waals surface area contributed by atoms with Gasteiger partial charge in [0.15, 0.2) is 0 Å². The van der Waals surface area contributed by atoms with E-state index >= 15 is 0 Å². The molecule has 2 rings (SSSR count). The zero-order chi connectivity index (χ0) is 13.5. The molecule has 19 heavy (non-hydrogen) atoms. The fourth-order valence-electron chi connectivity index (χ4n) is 1.94. The Kier molecular flexibility index (Phi) is 4.78. The summed E-state index contributed by atoms with van der Waals surface area (Å²) < 4.78 is 0. The van der Waals surface area contributed by atoms with E-state index in [1.165, 1.54) is 5.69 Å². The van der Waals surface area contributed by atoms with Crippen LogP contribution in [0.25, 0.3) is 0 Å². The Morgan fingerprint density at radius 3 is 2.58 bits per heavy atom. The molecule has 0 fully saturated rings. The van der Waals surface area contributed by atoms with E-state index in [1.54, 1.807) is 0 Å². The third-order valence-electron chi connectivity index (χ3n) is 2.96. The maximum Gasteiger partial charge on any atom is 0.126 e. The molecule has 100 valence electrons. The maximum absolute atomic E-state index is 4.62. The zero-order valence-corrected chi connectivity index (χ0v) is 11.6. The number of hydrogen-bond donors (Lipinski definition) is 1. The smallest absolute Gasteiger partial charge is 0.126 e. The molecule has 0 saturated carbocycles. The van der Waals surface area contributed by atoms with Gasteiger partial charge in [0.25, 0.3) is 0 Å². The lowest BCUT2D eigenvalue weighted by Crippen LogP contribution is -2.17. The molecule has 1 heterocycles. The molecule has 0 bridgehead atoms. The van der Waals surface area contributed by atoms with Crippen molar-refractivity contribution in [2.75, 3.05) is 23.8 Å². The third kappa shape index (κ3) is 3.98. The van der Waals surface area contributed by atoms with Gasteiger partial charge in [0, 0.05) is 19.3 Å². The summed E-state index contributed by atoms with van der Waals surface area (Å²) in [4.78, 5) is 6.82. The van der Waals surface area contributed by atoms with Crippen LogP contribution in [0.5, 0.6) is 0 Å². The van der Waals surface area contributed by atoms with E-state index in [2.05, 4.69) is 65.6 Å². The van der Waals surface area contributed by atoms with E-state index in [1.807, 2.05) is 12.1 Å². The molecule has 0 aliphatic heterocycles. The van der Waals surface area contributed by atoms with E-state index < -0.39 is 0 Å². The first-order valence-corrected chi connectivity index (χ1v) is 6.75. The molecule has 0 atom stereocenters. The largest absolute Gasteiger partial charge is 0.370 e. The minimum Gasteiger partial charge on any atom is -0.370 e. The van der Waals surface area contributed by atoms with Crippen LogP contribution < -0.4 is 10.2 Å². The van der Waals surface area contributed by atoms with E-state index in [0.717, 1.165) is 31.0 Å². The van der Waals surface area contributed by atoms with Crippen LogP contribution in [0.2, 0.25) is 0 Å². The van der Waals surface area contributed by atoms with Crippen molar-refractivity contribution in [1.82, 2.24) is 4.98 Å². The van der Waals surface area contributed by atoms with Gasteiger partial charge in [-0.2, -0.15) is 0 Å². The molecule has 0 aliphatic rings. The molecule has 3 heteroatoms. The molecule has 1 aromatic heterocycles. The van der Waals surface area contributed by atoms with Gasteiger partial charge in [-0.05, 0) is 30.7 Å². The number of benzene rings is 1. The molecule has 1 aromatic carbocycles. The Morgan fingerprint density at radius 1 is 1.05 bits per heavy atom. The average Bonchev–Trinajstić information content (AvgIpc) is 2.46. The van der Waals surface area contributed by atoms with Crippen molar-refractivity contribution in [1.29, 1.82) is 0 Å². The lowest BCUT2D eigenvalue weighted by molar-refractivity contribution is 0.880. The summed E-state index contributed by atoms with van der Waals surface area (Å²) in [6, 6.07) is 16.5. The van der Waals surface area contributed by atoms with Gasteiger partial charge in [0.1, 0.15) is 5.82 Å². The Labute approximate surface area is 115 Å². The topological polar surface area (TPSA) is 28.2 Å². The van der Waals surface area contributed by atoms with Gasteiger partial charge in [-0.3, -0.25) is 0 Å². The van der Waals surface area contributed by atoms with Crippen LogP contribution in [-0.4, -0.2) is 18.6 Å². The molecule has 3 nitrogen and oxygen atoms in total. The van der Waals surface area contributed by atoms with Crippen molar-refractivity contribution >= 4 is 11.5 Å². The molecule has 0 saturated heterocycles. The van der Waals surface area contributed by atoms with Crippen LogP contribution in [0.1, 0.15) is 19.0 Å². The van der Waals surface area contributed by atoms with E-state index in [0.29, 0.717) is 0 Å². The highest BCUT2D eigenvalue weighted by atomic mass is 15.1. The first-order chi connectivity index (χ1) is 9.29. The van der Waals surface area contributed by atoms with Gasteiger partial charge in [-0.1, -0.05) is 31.2 Å². The average molecular weight is 255 g/mol. The maximum atomic E-state index is 4.62. The molecule has 0 radical (unpaired) electrons. The second-order valence-electron chi connectivity index (χ2n) is 4.63. The molecular weight excluding hydrogens is 234 g/mol. The number of pyridine rings is 1. The number of rotatable bonds is 6. The molecule has 0 amide bonds. The Balaban J connectivity index is 2.02. The summed E-state index contributed by atoms with van der Waals surface area (Å²) in [5, 5.41) is 3.32. The first-order valence-electron chi connectivity index (χ1n) is 6.75. The minimum atomic E-state index is 0.811.